The quantitative estimate of drug-likeness (QED) is 0.451. The number of rotatable bonds is 5. The first kappa shape index (κ1) is 17.3. The molecule has 0 saturated heterocycles. The van der Waals surface area contributed by atoms with Crippen LogP contribution in [0.15, 0.2) is 28.2 Å². The fourth-order valence-corrected chi connectivity index (χ4v) is 5.71. The van der Waals surface area contributed by atoms with Crippen molar-refractivity contribution in [2.45, 2.75) is 29.5 Å². The lowest BCUT2D eigenvalue weighted by atomic mass is 9.98. The average Bonchev–Trinajstić information content (AvgIpc) is 3.34. The van der Waals surface area contributed by atoms with Gasteiger partial charge in [-0.3, -0.25) is 9.89 Å². The number of aromatic nitrogens is 4. The molecule has 0 unspecified atom stereocenters. The number of ether oxygens (including phenoxy) is 1. The van der Waals surface area contributed by atoms with E-state index in [-0.39, 0.29) is 23.5 Å². The Morgan fingerprint density at radius 2 is 2.31 bits per heavy atom. The molecule has 1 aliphatic heterocycles. The second kappa shape index (κ2) is 7.28. The van der Waals surface area contributed by atoms with Crippen molar-refractivity contribution in [2.24, 2.45) is 5.92 Å². The molecule has 8 nitrogen and oxygen atoms in total. The van der Waals surface area contributed by atoms with Gasteiger partial charge in [0.2, 0.25) is 5.91 Å². The molecule has 2 aliphatic rings. The second-order valence-electron chi connectivity index (χ2n) is 6.08. The SMILES string of the molecule is COC(=O)C1=C(NC(=O)CSc2ncnc3[nH]ncc23)S[C@H]2CCC[C@@H]12. The van der Waals surface area contributed by atoms with Gasteiger partial charge in [0.05, 0.1) is 35.0 Å². The predicted octanol–water partition coefficient (Wildman–Crippen LogP) is 1.86. The Labute approximate surface area is 157 Å². The van der Waals surface area contributed by atoms with Crippen molar-refractivity contribution in [1.82, 2.24) is 25.5 Å². The molecule has 26 heavy (non-hydrogen) atoms. The third-order valence-electron chi connectivity index (χ3n) is 4.55. The molecule has 2 N–H and O–H groups in total. The van der Waals surface area contributed by atoms with E-state index in [1.165, 1.54) is 25.2 Å². The summed E-state index contributed by atoms with van der Waals surface area (Å²) in [6.45, 7) is 0. The standard InChI is InChI=1S/C16H17N5O3S2/c1-24-16(23)12-8-3-2-4-10(8)26-15(12)20-11(22)6-25-14-9-5-19-21-13(9)17-7-18-14/h5,7-8,10H,2-4,6H2,1H3,(H,20,22)(H,17,18,19,21)/t8-,10+/m1/s1. The molecule has 1 amide bonds. The smallest absolute Gasteiger partial charge is 0.336 e. The molecule has 3 heterocycles. The maximum Gasteiger partial charge on any atom is 0.336 e. The Kier molecular flexibility index (Phi) is 4.86. The lowest BCUT2D eigenvalue weighted by Crippen LogP contribution is -2.25. The van der Waals surface area contributed by atoms with Gasteiger partial charge in [-0.25, -0.2) is 14.8 Å². The van der Waals surface area contributed by atoms with Crippen molar-refractivity contribution in [3.63, 3.8) is 0 Å². The zero-order chi connectivity index (χ0) is 18.1. The van der Waals surface area contributed by atoms with Crippen LogP contribution in [0.1, 0.15) is 19.3 Å². The number of carbonyl (C=O) groups is 2. The van der Waals surface area contributed by atoms with Crippen molar-refractivity contribution in [3.05, 3.63) is 23.1 Å². The third-order valence-corrected chi connectivity index (χ3v) is 6.98. The summed E-state index contributed by atoms with van der Waals surface area (Å²) in [5.41, 5.74) is 1.26. The van der Waals surface area contributed by atoms with Crippen LogP contribution >= 0.6 is 23.5 Å². The molecule has 1 fully saturated rings. The van der Waals surface area contributed by atoms with E-state index in [9.17, 15) is 9.59 Å². The van der Waals surface area contributed by atoms with Gasteiger partial charge in [0.1, 0.15) is 11.4 Å². The summed E-state index contributed by atoms with van der Waals surface area (Å²) in [4.78, 5) is 32.9. The average molecular weight is 391 g/mol. The number of hydrogen-bond donors (Lipinski definition) is 2. The molecule has 0 spiro atoms. The highest BCUT2D eigenvalue weighted by Gasteiger charge is 2.42. The van der Waals surface area contributed by atoms with Crippen molar-refractivity contribution in [1.29, 1.82) is 0 Å². The highest BCUT2D eigenvalue weighted by atomic mass is 32.2. The minimum atomic E-state index is -0.342. The van der Waals surface area contributed by atoms with Crippen LogP contribution < -0.4 is 5.32 Å². The van der Waals surface area contributed by atoms with Gasteiger partial charge in [0.15, 0.2) is 5.65 Å². The molecule has 0 aromatic carbocycles. The van der Waals surface area contributed by atoms with Gasteiger partial charge in [-0.15, -0.1) is 11.8 Å². The molecular weight excluding hydrogens is 374 g/mol. The van der Waals surface area contributed by atoms with E-state index in [2.05, 4.69) is 25.5 Å². The van der Waals surface area contributed by atoms with E-state index in [0.29, 0.717) is 26.5 Å². The van der Waals surface area contributed by atoms with Crippen LogP contribution in [0.4, 0.5) is 0 Å². The van der Waals surface area contributed by atoms with Crippen molar-refractivity contribution in [3.8, 4) is 0 Å². The Bertz CT molecular complexity index is 897. The van der Waals surface area contributed by atoms with E-state index >= 15 is 0 Å². The van der Waals surface area contributed by atoms with Gasteiger partial charge in [-0.2, -0.15) is 5.10 Å². The first-order valence-corrected chi connectivity index (χ1v) is 10.1. The molecule has 10 heteroatoms. The van der Waals surface area contributed by atoms with Crippen LogP contribution in [0.3, 0.4) is 0 Å². The summed E-state index contributed by atoms with van der Waals surface area (Å²) in [6.07, 6.45) is 6.21. The maximum absolute atomic E-state index is 12.4. The minimum absolute atomic E-state index is 0.172. The molecule has 136 valence electrons. The molecule has 1 saturated carbocycles. The van der Waals surface area contributed by atoms with Crippen LogP contribution in [-0.2, 0) is 14.3 Å². The number of nitrogens with zero attached hydrogens (tertiary/aromatic N) is 3. The van der Waals surface area contributed by atoms with Crippen LogP contribution in [0.25, 0.3) is 11.0 Å². The molecule has 4 rings (SSSR count). The maximum atomic E-state index is 12.4. The number of hydrogen-bond acceptors (Lipinski definition) is 8. The second-order valence-corrected chi connectivity index (χ2v) is 8.29. The van der Waals surface area contributed by atoms with E-state index < -0.39 is 0 Å². The number of thioether (sulfide) groups is 2. The van der Waals surface area contributed by atoms with Crippen molar-refractivity contribution >= 4 is 46.4 Å². The Hall–Kier alpha value is -2.07. The predicted molar refractivity (Wildman–Crippen MR) is 98.3 cm³/mol. The number of nitrogens with one attached hydrogen (secondary N) is 2. The number of aromatic amines is 1. The van der Waals surface area contributed by atoms with Gasteiger partial charge in [-0.1, -0.05) is 18.2 Å². The molecule has 1 aliphatic carbocycles. The zero-order valence-corrected chi connectivity index (χ0v) is 15.7. The normalized spacial score (nSPS) is 21.9. The fraction of sp³-hybridized carbons (Fsp3) is 0.438. The monoisotopic (exact) mass is 391 g/mol. The van der Waals surface area contributed by atoms with E-state index in [1.807, 2.05) is 0 Å². The summed E-state index contributed by atoms with van der Waals surface area (Å²) in [5.74, 6) is -0.145. The topological polar surface area (TPSA) is 110 Å². The van der Waals surface area contributed by atoms with Gasteiger partial charge in [0, 0.05) is 11.2 Å². The van der Waals surface area contributed by atoms with E-state index in [4.69, 9.17) is 4.74 Å². The Balaban J connectivity index is 1.45. The largest absolute Gasteiger partial charge is 0.466 e. The molecular formula is C16H17N5O3S2. The van der Waals surface area contributed by atoms with Crippen molar-refractivity contribution < 1.29 is 14.3 Å². The number of H-pyrrole nitrogens is 1. The molecule has 0 bridgehead atoms. The van der Waals surface area contributed by atoms with Crippen molar-refractivity contribution in [2.75, 3.05) is 12.9 Å². The number of amides is 1. The minimum Gasteiger partial charge on any atom is -0.466 e. The summed E-state index contributed by atoms with van der Waals surface area (Å²) in [6, 6.07) is 0. The van der Waals surface area contributed by atoms with E-state index in [0.717, 1.165) is 24.6 Å². The summed E-state index contributed by atoms with van der Waals surface area (Å²) in [5, 5.41) is 12.1. The summed E-state index contributed by atoms with van der Waals surface area (Å²) < 4.78 is 4.93. The molecule has 2 aromatic heterocycles. The lowest BCUT2D eigenvalue weighted by molar-refractivity contribution is -0.136. The highest BCUT2D eigenvalue weighted by Crippen LogP contribution is 2.49. The van der Waals surface area contributed by atoms with Crippen LogP contribution in [-0.4, -0.2) is 50.2 Å². The molecule has 2 aromatic rings. The number of methoxy groups -OCH3 is 1. The van der Waals surface area contributed by atoms with Gasteiger partial charge < -0.3 is 10.1 Å². The lowest BCUT2D eigenvalue weighted by Gasteiger charge is -2.11. The number of fused-ring (bicyclic) bond motifs is 2. The Morgan fingerprint density at radius 3 is 3.15 bits per heavy atom. The summed E-state index contributed by atoms with van der Waals surface area (Å²) >= 11 is 2.90. The van der Waals surface area contributed by atoms with Gasteiger partial charge >= 0.3 is 5.97 Å². The highest BCUT2D eigenvalue weighted by molar-refractivity contribution is 8.04. The first-order valence-electron chi connectivity index (χ1n) is 8.23. The summed E-state index contributed by atoms with van der Waals surface area (Å²) in [7, 11) is 1.38. The molecule has 2 atom stereocenters. The molecule has 0 radical (unpaired) electrons. The van der Waals surface area contributed by atoms with Crippen LogP contribution in [0.5, 0.6) is 0 Å². The Morgan fingerprint density at radius 1 is 1.42 bits per heavy atom. The third kappa shape index (κ3) is 3.18. The fourth-order valence-electron chi connectivity index (χ4n) is 3.39. The van der Waals surface area contributed by atoms with Gasteiger partial charge in [-0.05, 0) is 12.8 Å². The van der Waals surface area contributed by atoms with Crippen LogP contribution in [0, 0.1) is 5.92 Å². The first-order chi connectivity index (χ1) is 12.7. The number of esters is 1. The number of carbonyl (C=O) groups excluding carboxylic acids is 2. The van der Waals surface area contributed by atoms with Gasteiger partial charge in [0.25, 0.3) is 0 Å². The van der Waals surface area contributed by atoms with E-state index in [1.54, 1.807) is 18.0 Å². The van der Waals surface area contributed by atoms with Crippen LogP contribution in [0.2, 0.25) is 0 Å². The zero-order valence-electron chi connectivity index (χ0n) is 14.0.